The Labute approximate surface area is 113 Å². The van der Waals surface area contributed by atoms with Gasteiger partial charge in [-0.1, -0.05) is 32.1 Å². The van der Waals surface area contributed by atoms with E-state index in [0.717, 1.165) is 18.9 Å². The third kappa shape index (κ3) is 3.94. The van der Waals surface area contributed by atoms with E-state index < -0.39 is 5.91 Å². The van der Waals surface area contributed by atoms with Crippen LogP contribution < -0.4 is 11.1 Å². The van der Waals surface area contributed by atoms with E-state index in [2.05, 4.69) is 5.32 Å². The molecule has 0 aromatic heterocycles. The number of halogens is 1. The second-order valence-corrected chi connectivity index (χ2v) is 5.28. The zero-order valence-corrected chi connectivity index (χ0v) is 11.1. The van der Waals surface area contributed by atoms with Gasteiger partial charge < -0.3 is 11.1 Å². The highest BCUT2D eigenvalue weighted by Gasteiger charge is 2.13. The molecule has 0 radical (unpaired) electrons. The zero-order chi connectivity index (χ0) is 13.7. The number of carbonyl (C=O) groups is 1. The summed E-state index contributed by atoms with van der Waals surface area (Å²) in [5, 5.41) is 3.07. The van der Waals surface area contributed by atoms with Crippen molar-refractivity contribution in [2.45, 2.75) is 38.5 Å². The highest BCUT2D eigenvalue weighted by Crippen LogP contribution is 2.26. The van der Waals surface area contributed by atoms with E-state index in [-0.39, 0.29) is 5.82 Å². The Bertz CT molecular complexity index is 442. The molecule has 1 aromatic rings. The molecule has 0 atom stereocenters. The lowest BCUT2D eigenvalue weighted by Gasteiger charge is -2.21. The van der Waals surface area contributed by atoms with E-state index in [4.69, 9.17) is 5.73 Å². The highest BCUT2D eigenvalue weighted by molar-refractivity contribution is 5.93. The number of anilines is 1. The first kappa shape index (κ1) is 13.8. The molecule has 0 spiro atoms. The number of rotatable bonds is 5. The summed E-state index contributed by atoms with van der Waals surface area (Å²) in [5.74, 6) is -0.118. The predicted molar refractivity (Wildman–Crippen MR) is 74.6 cm³/mol. The molecular weight excluding hydrogens is 243 g/mol. The fraction of sp³-hybridized carbons (Fsp3) is 0.533. The Balaban J connectivity index is 1.87. The summed E-state index contributed by atoms with van der Waals surface area (Å²) < 4.78 is 13.6. The number of benzene rings is 1. The normalized spacial score (nSPS) is 16.3. The van der Waals surface area contributed by atoms with E-state index in [1.54, 1.807) is 0 Å². The highest BCUT2D eigenvalue weighted by atomic mass is 19.1. The Morgan fingerprint density at radius 2 is 2.05 bits per heavy atom. The Morgan fingerprint density at radius 1 is 1.32 bits per heavy atom. The monoisotopic (exact) mass is 264 g/mol. The molecule has 19 heavy (non-hydrogen) atoms. The van der Waals surface area contributed by atoms with Gasteiger partial charge in [0.2, 0.25) is 5.91 Å². The molecule has 1 fully saturated rings. The van der Waals surface area contributed by atoms with Gasteiger partial charge in [0.15, 0.2) is 0 Å². The lowest BCUT2D eigenvalue weighted by Crippen LogP contribution is -2.14. The molecule has 2 rings (SSSR count). The molecule has 0 bridgehead atoms. The SMILES string of the molecule is NC(=O)c1ccc(F)c(NCCC2CCCCC2)c1. The van der Waals surface area contributed by atoms with Crippen LogP contribution in [0, 0.1) is 11.7 Å². The van der Waals surface area contributed by atoms with E-state index in [1.807, 2.05) is 0 Å². The molecule has 1 saturated carbocycles. The van der Waals surface area contributed by atoms with Crippen LogP contribution in [0.15, 0.2) is 18.2 Å². The first-order valence-corrected chi connectivity index (χ1v) is 7.00. The second kappa shape index (κ2) is 6.55. The van der Waals surface area contributed by atoms with E-state index >= 15 is 0 Å². The van der Waals surface area contributed by atoms with Crippen LogP contribution >= 0.6 is 0 Å². The molecule has 4 heteroatoms. The van der Waals surface area contributed by atoms with Crippen molar-refractivity contribution in [1.29, 1.82) is 0 Å². The maximum Gasteiger partial charge on any atom is 0.248 e. The molecule has 1 aromatic carbocycles. The molecule has 1 aliphatic rings. The fourth-order valence-corrected chi connectivity index (χ4v) is 2.70. The number of nitrogens with one attached hydrogen (secondary N) is 1. The average Bonchev–Trinajstić information content (AvgIpc) is 2.42. The van der Waals surface area contributed by atoms with Gasteiger partial charge in [0.1, 0.15) is 5.82 Å². The number of hydrogen-bond acceptors (Lipinski definition) is 2. The first-order chi connectivity index (χ1) is 9.16. The zero-order valence-electron chi connectivity index (χ0n) is 11.1. The van der Waals surface area contributed by atoms with Crippen LogP contribution in [0.25, 0.3) is 0 Å². The van der Waals surface area contributed by atoms with E-state index in [9.17, 15) is 9.18 Å². The van der Waals surface area contributed by atoms with Crippen molar-refractivity contribution in [2.75, 3.05) is 11.9 Å². The summed E-state index contributed by atoms with van der Waals surface area (Å²) in [6.07, 6.45) is 7.60. The largest absolute Gasteiger partial charge is 0.383 e. The maximum absolute atomic E-state index is 13.6. The molecule has 0 unspecified atom stereocenters. The third-order valence-electron chi connectivity index (χ3n) is 3.84. The van der Waals surface area contributed by atoms with Crippen molar-refractivity contribution in [3.8, 4) is 0 Å². The standard InChI is InChI=1S/C15H21FN2O/c16-13-7-6-12(15(17)19)10-14(13)18-9-8-11-4-2-1-3-5-11/h6-7,10-11,18H,1-5,8-9H2,(H2,17,19). The Kier molecular flexibility index (Phi) is 4.77. The number of primary amides is 1. The molecule has 1 amide bonds. The quantitative estimate of drug-likeness (QED) is 0.857. The smallest absolute Gasteiger partial charge is 0.248 e. The topological polar surface area (TPSA) is 55.1 Å². The van der Waals surface area contributed by atoms with Crippen LogP contribution in [0.5, 0.6) is 0 Å². The summed E-state index contributed by atoms with van der Waals surface area (Å²) in [5.41, 5.74) is 5.89. The van der Waals surface area contributed by atoms with Gasteiger partial charge in [0, 0.05) is 12.1 Å². The molecule has 1 aliphatic carbocycles. The minimum Gasteiger partial charge on any atom is -0.383 e. The van der Waals surface area contributed by atoms with Gasteiger partial charge in [-0.3, -0.25) is 4.79 Å². The lowest BCUT2D eigenvalue weighted by molar-refractivity contribution is 0.100. The van der Waals surface area contributed by atoms with Crippen LogP contribution in [0.1, 0.15) is 48.9 Å². The van der Waals surface area contributed by atoms with Crippen LogP contribution in [-0.4, -0.2) is 12.5 Å². The molecular formula is C15H21FN2O. The number of carbonyl (C=O) groups excluding carboxylic acids is 1. The van der Waals surface area contributed by atoms with Crippen molar-refractivity contribution >= 4 is 11.6 Å². The fourth-order valence-electron chi connectivity index (χ4n) is 2.70. The minimum atomic E-state index is -0.532. The van der Waals surface area contributed by atoms with E-state index in [1.165, 1.54) is 50.3 Å². The molecule has 0 saturated heterocycles. The van der Waals surface area contributed by atoms with Crippen molar-refractivity contribution < 1.29 is 9.18 Å². The van der Waals surface area contributed by atoms with E-state index in [0.29, 0.717) is 11.3 Å². The minimum absolute atomic E-state index is 0.335. The van der Waals surface area contributed by atoms with Crippen LogP contribution in [0.4, 0.5) is 10.1 Å². The Morgan fingerprint density at radius 3 is 2.74 bits per heavy atom. The second-order valence-electron chi connectivity index (χ2n) is 5.28. The van der Waals surface area contributed by atoms with Crippen LogP contribution in [0.3, 0.4) is 0 Å². The molecule has 3 nitrogen and oxygen atoms in total. The summed E-state index contributed by atoms with van der Waals surface area (Å²) in [7, 11) is 0. The Hall–Kier alpha value is -1.58. The van der Waals surface area contributed by atoms with Crippen LogP contribution in [0.2, 0.25) is 0 Å². The van der Waals surface area contributed by atoms with Gasteiger partial charge in [0.05, 0.1) is 5.69 Å². The predicted octanol–water partition coefficient (Wildman–Crippen LogP) is 3.31. The summed E-state index contributed by atoms with van der Waals surface area (Å²) in [6.45, 7) is 0.740. The molecule has 3 N–H and O–H groups in total. The van der Waals surface area contributed by atoms with Crippen molar-refractivity contribution in [3.05, 3.63) is 29.6 Å². The number of hydrogen-bond donors (Lipinski definition) is 2. The average molecular weight is 264 g/mol. The van der Waals surface area contributed by atoms with Gasteiger partial charge >= 0.3 is 0 Å². The van der Waals surface area contributed by atoms with Crippen LogP contribution in [-0.2, 0) is 0 Å². The third-order valence-corrected chi connectivity index (χ3v) is 3.84. The first-order valence-electron chi connectivity index (χ1n) is 7.00. The summed E-state index contributed by atoms with van der Waals surface area (Å²) in [6, 6.07) is 4.17. The van der Waals surface area contributed by atoms with Gasteiger partial charge in [-0.15, -0.1) is 0 Å². The van der Waals surface area contributed by atoms with Gasteiger partial charge in [-0.05, 0) is 30.5 Å². The van der Waals surface area contributed by atoms with Gasteiger partial charge in [-0.2, -0.15) is 0 Å². The molecule has 104 valence electrons. The lowest BCUT2D eigenvalue weighted by atomic mass is 9.87. The molecule has 0 heterocycles. The van der Waals surface area contributed by atoms with Crippen molar-refractivity contribution in [1.82, 2.24) is 0 Å². The maximum atomic E-state index is 13.6. The molecule has 0 aliphatic heterocycles. The van der Waals surface area contributed by atoms with Crippen molar-refractivity contribution in [2.24, 2.45) is 11.7 Å². The van der Waals surface area contributed by atoms with Gasteiger partial charge in [-0.25, -0.2) is 4.39 Å². The van der Waals surface area contributed by atoms with Gasteiger partial charge in [0.25, 0.3) is 0 Å². The summed E-state index contributed by atoms with van der Waals surface area (Å²) in [4.78, 5) is 11.1. The van der Waals surface area contributed by atoms with Crippen molar-refractivity contribution in [3.63, 3.8) is 0 Å². The number of nitrogens with two attached hydrogens (primary N) is 1. The summed E-state index contributed by atoms with van der Waals surface area (Å²) >= 11 is 0. The number of amides is 1.